The molecule has 7 heteroatoms. The van der Waals surface area contributed by atoms with E-state index in [0.29, 0.717) is 30.1 Å². The number of piperidine rings is 1. The van der Waals surface area contributed by atoms with Gasteiger partial charge in [0.25, 0.3) is 11.8 Å². The maximum absolute atomic E-state index is 13.7. The number of carbonyl (C=O) groups excluding carboxylic acids is 3. The van der Waals surface area contributed by atoms with E-state index in [1.165, 1.54) is 17.8 Å². The fourth-order valence-corrected chi connectivity index (χ4v) is 6.46. The molecule has 3 unspecified atom stereocenters. The third-order valence-corrected chi connectivity index (χ3v) is 8.24. The monoisotopic (exact) mass is 465 g/mol. The van der Waals surface area contributed by atoms with E-state index in [-0.39, 0.29) is 35.8 Å². The number of benzene rings is 1. The van der Waals surface area contributed by atoms with Crippen molar-refractivity contribution >= 4 is 29.1 Å². The predicted molar refractivity (Wildman–Crippen MR) is 128 cm³/mol. The van der Waals surface area contributed by atoms with Crippen LogP contribution in [0.1, 0.15) is 65.7 Å². The minimum absolute atomic E-state index is 0.0127. The van der Waals surface area contributed by atoms with Crippen molar-refractivity contribution in [3.05, 3.63) is 58.3 Å². The molecule has 2 aromatic rings. The number of nitrogens with one attached hydrogen (secondary N) is 1. The smallest absolute Gasteiger partial charge is 0.254 e. The molecule has 3 heterocycles. The van der Waals surface area contributed by atoms with Gasteiger partial charge in [-0.3, -0.25) is 14.4 Å². The van der Waals surface area contributed by atoms with E-state index < -0.39 is 0 Å². The van der Waals surface area contributed by atoms with Gasteiger partial charge >= 0.3 is 0 Å². The Bertz CT molecular complexity index is 985. The minimum atomic E-state index is -0.372. The lowest BCUT2D eigenvalue weighted by Crippen LogP contribution is -2.54. The zero-order valence-electron chi connectivity index (χ0n) is 18.8. The molecule has 0 radical (unpaired) electrons. The van der Waals surface area contributed by atoms with Gasteiger partial charge in [-0.25, -0.2) is 0 Å². The molecular formula is C26H31N3O3S. The predicted octanol–water partition coefficient (Wildman–Crippen LogP) is 3.94. The fraction of sp³-hybridized carbons (Fsp3) is 0.500. The van der Waals surface area contributed by atoms with Crippen LogP contribution in [0.15, 0.2) is 47.2 Å². The highest BCUT2D eigenvalue weighted by Gasteiger charge is 2.48. The first-order valence-corrected chi connectivity index (χ1v) is 13.1. The van der Waals surface area contributed by atoms with E-state index in [2.05, 4.69) is 5.32 Å². The minimum Gasteiger partial charge on any atom is -0.349 e. The molecule has 6 nitrogen and oxygen atoms in total. The van der Waals surface area contributed by atoms with Crippen molar-refractivity contribution in [2.45, 2.75) is 63.1 Å². The van der Waals surface area contributed by atoms with Crippen LogP contribution in [0.25, 0.3) is 0 Å². The normalized spacial score (nSPS) is 25.5. The van der Waals surface area contributed by atoms with Crippen LogP contribution in [-0.2, 0) is 4.79 Å². The molecular weight excluding hydrogens is 434 g/mol. The number of fused-ring (bicyclic) bond motifs is 1. The summed E-state index contributed by atoms with van der Waals surface area (Å²) in [6, 6.07) is 11.1. The lowest BCUT2D eigenvalue weighted by atomic mass is 9.84. The summed E-state index contributed by atoms with van der Waals surface area (Å²) in [7, 11) is 0. The molecule has 1 N–H and O–H groups in total. The van der Waals surface area contributed by atoms with Crippen LogP contribution in [0.3, 0.4) is 0 Å². The Morgan fingerprint density at radius 3 is 2.39 bits per heavy atom. The second-order valence-corrected chi connectivity index (χ2v) is 10.3. The Kier molecular flexibility index (Phi) is 6.49. The number of nitrogens with zero attached hydrogens (tertiary/aromatic N) is 2. The molecule has 3 amide bonds. The molecule has 174 valence electrons. The first-order valence-electron chi connectivity index (χ1n) is 12.1. The number of hydrogen-bond donors (Lipinski definition) is 1. The lowest BCUT2D eigenvalue weighted by Gasteiger charge is -2.37. The molecule has 1 aromatic carbocycles. The van der Waals surface area contributed by atoms with Crippen LogP contribution in [0.5, 0.6) is 0 Å². The number of amides is 3. The molecule has 33 heavy (non-hydrogen) atoms. The number of thiophene rings is 1. The standard InChI is InChI=1S/C26H31N3O3S/c30-24(20-12-15-33-17-20)27-21-10-13-28(14-11-21)26(32)23-16-19-8-4-5-9-22(19)29(23)25(31)18-6-2-1-3-7-18/h1-3,6-7,12,15,17,19,21-23H,4-5,8-11,13-14,16H2,(H,27,30). The molecule has 0 spiro atoms. The summed E-state index contributed by atoms with van der Waals surface area (Å²) < 4.78 is 0. The van der Waals surface area contributed by atoms with Gasteiger partial charge in [0.15, 0.2) is 0 Å². The van der Waals surface area contributed by atoms with E-state index >= 15 is 0 Å². The third-order valence-electron chi connectivity index (χ3n) is 7.55. The van der Waals surface area contributed by atoms with Crippen molar-refractivity contribution in [3.63, 3.8) is 0 Å². The second kappa shape index (κ2) is 9.67. The maximum atomic E-state index is 13.7. The van der Waals surface area contributed by atoms with Crippen LogP contribution < -0.4 is 5.32 Å². The SMILES string of the molecule is O=C(NC1CCN(C(=O)C2CC3CCCCC3N2C(=O)c2ccccc2)CC1)c1ccsc1. The molecule has 2 aliphatic heterocycles. The second-order valence-electron chi connectivity index (χ2n) is 9.53. The summed E-state index contributed by atoms with van der Waals surface area (Å²) in [5.74, 6) is 0.445. The fourth-order valence-electron chi connectivity index (χ4n) is 5.82. The number of likely N-dealkylation sites (tertiary alicyclic amines) is 2. The highest BCUT2D eigenvalue weighted by Crippen LogP contribution is 2.41. The third kappa shape index (κ3) is 4.56. The summed E-state index contributed by atoms with van der Waals surface area (Å²) in [5, 5.41) is 6.86. The van der Waals surface area contributed by atoms with E-state index in [1.807, 2.05) is 57.0 Å². The summed E-state index contributed by atoms with van der Waals surface area (Å²) in [5.41, 5.74) is 1.36. The van der Waals surface area contributed by atoms with Gasteiger partial charge in [-0.05, 0) is 61.6 Å². The van der Waals surface area contributed by atoms with Crippen molar-refractivity contribution in [1.82, 2.24) is 15.1 Å². The lowest BCUT2D eigenvalue weighted by molar-refractivity contribution is -0.136. The number of carbonyl (C=O) groups is 3. The Morgan fingerprint density at radius 2 is 1.67 bits per heavy atom. The van der Waals surface area contributed by atoms with Gasteiger partial charge in [0.05, 0.1) is 0 Å². The van der Waals surface area contributed by atoms with Gasteiger partial charge in [-0.15, -0.1) is 0 Å². The van der Waals surface area contributed by atoms with Gasteiger partial charge in [-0.1, -0.05) is 31.0 Å². The van der Waals surface area contributed by atoms with Crippen molar-refractivity contribution in [1.29, 1.82) is 0 Å². The van der Waals surface area contributed by atoms with Crippen molar-refractivity contribution in [2.24, 2.45) is 5.92 Å². The van der Waals surface area contributed by atoms with Gasteiger partial charge in [0, 0.05) is 41.7 Å². The average Bonchev–Trinajstić information content (AvgIpc) is 3.53. The van der Waals surface area contributed by atoms with E-state index in [9.17, 15) is 14.4 Å². The van der Waals surface area contributed by atoms with Crippen LogP contribution >= 0.6 is 11.3 Å². The Labute approximate surface area is 199 Å². The first kappa shape index (κ1) is 22.1. The van der Waals surface area contributed by atoms with Crippen LogP contribution in [0, 0.1) is 5.92 Å². The highest BCUT2D eigenvalue weighted by atomic mass is 32.1. The van der Waals surface area contributed by atoms with Gasteiger partial charge < -0.3 is 15.1 Å². The van der Waals surface area contributed by atoms with E-state index in [1.54, 1.807) is 0 Å². The Morgan fingerprint density at radius 1 is 0.909 bits per heavy atom. The van der Waals surface area contributed by atoms with Crippen molar-refractivity contribution in [2.75, 3.05) is 13.1 Å². The summed E-state index contributed by atoms with van der Waals surface area (Å²) >= 11 is 1.51. The maximum Gasteiger partial charge on any atom is 0.254 e. The topological polar surface area (TPSA) is 69.7 Å². The molecule has 3 aliphatic rings. The van der Waals surface area contributed by atoms with Crippen LogP contribution in [0.2, 0.25) is 0 Å². The Balaban J connectivity index is 1.26. The zero-order valence-corrected chi connectivity index (χ0v) is 19.6. The molecule has 3 fully saturated rings. The zero-order chi connectivity index (χ0) is 22.8. The van der Waals surface area contributed by atoms with Gasteiger partial charge in [0.2, 0.25) is 5.91 Å². The summed E-state index contributed by atoms with van der Waals surface area (Å²) in [6.07, 6.45) is 6.66. The van der Waals surface area contributed by atoms with E-state index in [4.69, 9.17) is 0 Å². The first-order chi connectivity index (χ1) is 16.1. The quantitative estimate of drug-likeness (QED) is 0.744. The number of hydrogen-bond acceptors (Lipinski definition) is 4. The summed E-state index contributed by atoms with van der Waals surface area (Å²) in [6.45, 7) is 1.24. The van der Waals surface area contributed by atoms with Crippen LogP contribution in [-0.4, -0.2) is 58.7 Å². The average molecular weight is 466 g/mol. The highest BCUT2D eigenvalue weighted by molar-refractivity contribution is 7.08. The van der Waals surface area contributed by atoms with Crippen molar-refractivity contribution < 1.29 is 14.4 Å². The molecule has 1 aromatic heterocycles. The molecule has 0 bridgehead atoms. The molecule has 1 saturated carbocycles. The molecule has 5 rings (SSSR count). The number of rotatable bonds is 4. The van der Waals surface area contributed by atoms with Gasteiger partial charge in [-0.2, -0.15) is 11.3 Å². The molecule has 2 saturated heterocycles. The largest absolute Gasteiger partial charge is 0.349 e. The molecule has 1 aliphatic carbocycles. The van der Waals surface area contributed by atoms with Crippen LogP contribution in [0.4, 0.5) is 0 Å². The van der Waals surface area contributed by atoms with Crippen molar-refractivity contribution in [3.8, 4) is 0 Å². The Hall–Kier alpha value is -2.67. The summed E-state index contributed by atoms with van der Waals surface area (Å²) in [4.78, 5) is 43.4. The molecule has 3 atom stereocenters. The van der Waals surface area contributed by atoms with E-state index in [0.717, 1.165) is 38.5 Å². The van der Waals surface area contributed by atoms with Gasteiger partial charge in [0.1, 0.15) is 6.04 Å².